The number of nitrogens with zero attached hydrogens (tertiary/aromatic N) is 3. The quantitative estimate of drug-likeness (QED) is 0.729. The molecule has 1 aliphatic carbocycles. The minimum Gasteiger partial charge on any atom is -0.324 e. The molecule has 5 rings (SSSR count). The van der Waals surface area contributed by atoms with Gasteiger partial charge in [-0.2, -0.15) is 0 Å². The van der Waals surface area contributed by atoms with Gasteiger partial charge in [-0.25, -0.2) is 4.98 Å². The maximum Gasteiger partial charge on any atom is 0.243 e. The first-order chi connectivity index (χ1) is 11.3. The fourth-order valence-electron chi connectivity index (χ4n) is 3.67. The average molecular weight is 303 g/mol. The van der Waals surface area contributed by atoms with Gasteiger partial charge in [-0.15, -0.1) is 0 Å². The van der Waals surface area contributed by atoms with Crippen LogP contribution < -0.4 is 0 Å². The molecule has 0 bridgehead atoms. The Labute approximate surface area is 134 Å². The molecular weight excluding hydrogens is 286 g/mol. The van der Waals surface area contributed by atoms with E-state index < -0.39 is 0 Å². The number of para-hydroxylation sites is 2. The molecule has 4 nitrogen and oxygen atoms in total. The number of benzene rings is 2. The highest BCUT2D eigenvalue weighted by atomic mass is 16.2. The van der Waals surface area contributed by atoms with E-state index in [9.17, 15) is 4.79 Å². The second-order valence-electron chi connectivity index (χ2n) is 6.39. The number of rotatable bonds is 2. The summed E-state index contributed by atoms with van der Waals surface area (Å²) >= 11 is 0. The summed E-state index contributed by atoms with van der Waals surface area (Å²) in [5.41, 5.74) is 3.16. The van der Waals surface area contributed by atoms with Crippen LogP contribution in [-0.2, 0) is 11.3 Å². The lowest BCUT2D eigenvalue weighted by Gasteiger charge is -2.36. The van der Waals surface area contributed by atoms with Crippen molar-refractivity contribution in [3.05, 3.63) is 66.0 Å². The minimum absolute atomic E-state index is 0.0719. The van der Waals surface area contributed by atoms with Gasteiger partial charge in [0, 0.05) is 6.04 Å². The Bertz CT molecular complexity index is 895. The van der Waals surface area contributed by atoms with Gasteiger partial charge in [0.1, 0.15) is 18.4 Å². The van der Waals surface area contributed by atoms with Crippen molar-refractivity contribution in [2.45, 2.75) is 31.5 Å². The first-order valence-electron chi connectivity index (χ1n) is 8.14. The van der Waals surface area contributed by atoms with Crippen molar-refractivity contribution in [2.75, 3.05) is 0 Å². The topological polar surface area (TPSA) is 38.1 Å². The first kappa shape index (κ1) is 12.9. The third-order valence-corrected chi connectivity index (χ3v) is 4.84. The highest BCUT2D eigenvalue weighted by molar-refractivity contribution is 5.84. The van der Waals surface area contributed by atoms with Crippen LogP contribution >= 0.6 is 0 Å². The zero-order valence-corrected chi connectivity index (χ0v) is 12.7. The van der Waals surface area contributed by atoms with Crippen LogP contribution in [0.3, 0.4) is 0 Å². The molecular formula is C19H17N3O. The molecule has 1 atom stereocenters. The van der Waals surface area contributed by atoms with E-state index in [1.54, 1.807) is 0 Å². The molecule has 2 heterocycles. The van der Waals surface area contributed by atoms with Crippen LogP contribution in [0.2, 0.25) is 0 Å². The van der Waals surface area contributed by atoms with E-state index in [0.29, 0.717) is 12.6 Å². The van der Waals surface area contributed by atoms with Crippen LogP contribution in [0.15, 0.2) is 54.6 Å². The molecule has 2 aromatic carbocycles. The Morgan fingerprint density at radius 2 is 1.70 bits per heavy atom. The van der Waals surface area contributed by atoms with Crippen molar-refractivity contribution in [1.82, 2.24) is 14.5 Å². The standard InChI is InChI=1S/C19H17N3O/c23-17-12-21-16-9-5-4-8-15(16)20-19(21)18(22(17)14-10-11-14)13-6-2-1-3-7-13/h1-9,14,18H,10-12H2. The van der Waals surface area contributed by atoms with Crippen LogP contribution in [-0.4, -0.2) is 26.4 Å². The lowest BCUT2D eigenvalue weighted by atomic mass is 10.0. The summed E-state index contributed by atoms with van der Waals surface area (Å²) in [4.78, 5) is 19.8. The van der Waals surface area contributed by atoms with Gasteiger partial charge in [0.2, 0.25) is 5.91 Å². The summed E-state index contributed by atoms with van der Waals surface area (Å²) in [6, 6.07) is 18.7. The summed E-state index contributed by atoms with van der Waals surface area (Å²) in [5, 5.41) is 0. The Morgan fingerprint density at radius 1 is 0.957 bits per heavy atom. The summed E-state index contributed by atoms with van der Waals surface area (Å²) in [5.74, 6) is 1.20. The zero-order chi connectivity index (χ0) is 15.4. The number of aromatic nitrogens is 2. The molecule has 1 amide bonds. The second-order valence-corrected chi connectivity index (χ2v) is 6.39. The Hall–Kier alpha value is -2.62. The van der Waals surface area contributed by atoms with Crippen LogP contribution in [0.25, 0.3) is 11.0 Å². The second kappa shape index (κ2) is 4.69. The molecule has 114 valence electrons. The van der Waals surface area contributed by atoms with E-state index in [2.05, 4.69) is 21.6 Å². The van der Waals surface area contributed by atoms with Crippen molar-refractivity contribution >= 4 is 16.9 Å². The fraction of sp³-hybridized carbons (Fsp3) is 0.263. The molecule has 0 N–H and O–H groups in total. The molecule has 23 heavy (non-hydrogen) atoms. The van der Waals surface area contributed by atoms with Gasteiger partial charge in [0.25, 0.3) is 0 Å². The van der Waals surface area contributed by atoms with E-state index in [1.165, 1.54) is 0 Å². The maximum atomic E-state index is 12.8. The monoisotopic (exact) mass is 303 g/mol. The van der Waals surface area contributed by atoms with Crippen molar-refractivity contribution in [3.63, 3.8) is 0 Å². The molecule has 2 aliphatic rings. The van der Waals surface area contributed by atoms with Gasteiger partial charge < -0.3 is 9.47 Å². The Morgan fingerprint density at radius 3 is 2.48 bits per heavy atom. The normalized spacial score (nSPS) is 20.8. The number of hydrogen-bond acceptors (Lipinski definition) is 2. The fourth-order valence-corrected chi connectivity index (χ4v) is 3.67. The summed E-state index contributed by atoms with van der Waals surface area (Å²) in [6.07, 6.45) is 2.21. The van der Waals surface area contributed by atoms with E-state index in [1.807, 2.05) is 42.5 Å². The maximum absolute atomic E-state index is 12.8. The van der Waals surface area contributed by atoms with E-state index in [4.69, 9.17) is 4.98 Å². The first-order valence-corrected chi connectivity index (χ1v) is 8.14. The van der Waals surface area contributed by atoms with Crippen molar-refractivity contribution in [2.24, 2.45) is 0 Å². The van der Waals surface area contributed by atoms with Gasteiger partial charge in [0.15, 0.2) is 0 Å². The predicted molar refractivity (Wildman–Crippen MR) is 87.9 cm³/mol. The van der Waals surface area contributed by atoms with E-state index >= 15 is 0 Å². The molecule has 4 heteroatoms. The van der Waals surface area contributed by atoms with Crippen LogP contribution in [0.4, 0.5) is 0 Å². The Kier molecular flexibility index (Phi) is 2.62. The number of hydrogen-bond donors (Lipinski definition) is 0. The zero-order valence-electron chi connectivity index (χ0n) is 12.7. The molecule has 1 aliphatic heterocycles. The van der Waals surface area contributed by atoms with Gasteiger partial charge in [-0.3, -0.25) is 4.79 Å². The molecule has 3 aromatic rings. The highest BCUT2D eigenvalue weighted by Crippen LogP contribution is 2.41. The molecule has 1 aromatic heterocycles. The third-order valence-electron chi connectivity index (χ3n) is 4.84. The number of imidazole rings is 1. The SMILES string of the molecule is O=C1Cn2c(nc3ccccc32)C(c2ccccc2)N1C1CC1. The van der Waals surface area contributed by atoms with Crippen molar-refractivity contribution < 1.29 is 4.79 Å². The van der Waals surface area contributed by atoms with Gasteiger partial charge in [0.05, 0.1) is 11.0 Å². The smallest absolute Gasteiger partial charge is 0.243 e. The lowest BCUT2D eigenvalue weighted by Crippen LogP contribution is -2.44. The van der Waals surface area contributed by atoms with E-state index in [0.717, 1.165) is 35.3 Å². The molecule has 0 radical (unpaired) electrons. The number of carbonyl (C=O) groups is 1. The number of fused-ring (bicyclic) bond motifs is 3. The van der Waals surface area contributed by atoms with Crippen LogP contribution in [0, 0.1) is 0 Å². The highest BCUT2D eigenvalue weighted by Gasteiger charge is 2.43. The lowest BCUT2D eigenvalue weighted by molar-refractivity contribution is -0.136. The minimum atomic E-state index is -0.0719. The summed E-state index contributed by atoms with van der Waals surface area (Å²) < 4.78 is 2.09. The third kappa shape index (κ3) is 1.91. The average Bonchev–Trinajstić information content (AvgIpc) is 3.36. The van der Waals surface area contributed by atoms with Gasteiger partial charge in [-0.1, -0.05) is 42.5 Å². The van der Waals surface area contributed by atoms with Crippen LogP contribution in [0.1, 0.15) is 30.3 Å². The number of carbonyl (C=O) groups excluding carboxylic acids is 1. The van der Waals surface area contributed by atoms with Gasteiger partial charge in [-0.05, 0) is 30.5 Å². The Balaban J connectivity index is 1.76. The van der Waals surface area contributed by atoms with E-state index in [-0.39, 0.29) is 11.9 Å². The largest absolute Gasteiger partial charge is 0.324 e. The van der Waals surface area contributed by atoms with Gasteiger partial charge >= 0.3 is 0 Å². The summed E-state index contributed by atoms with van der Waals surface area (Å²) in [7, 11) is 0. The molecule has 1 saturated carbocycles. The van der Waals surface area contributed by atoms with Crippen LogP contribution in [0.5, 0.6) is 0 Å². The molecule has 1 unspecified atom stereocenters. The number of amides is 1. The van der Waals surface area contributed by atoms with Crippen molar-refractivity contribution in [1.29, 1.82) is 0 Å². The molecule has 0 spiro atoms. The molecule has 1 fully saturated rings. The van der Waals surface area contributed by atoms with Crippen molar-refractivity contribution in [3.8, 4) is 0 Å². The molecule has 0 saturated heterocycles. The summed E-state index contributed by atoms with van der Waals surface area (Å²) in [6.45, 7) is 0.398. The predicted octanol–water partition coefficient (Wildman–Crippen LogP) is 3.13.